The molecule has 0 unspecified atom stereocenters. The first kappa shape index (κ1) is 19.2. The number of amides is 2. The van der Waals surface area contributed by atoms with Crippen molar-refractivity contribution in [3.8, 4) is 0 Å². The number of rotatable bonds is 6. The highest BCUT2D eigenvalue weighted by Gasteiger charge is 2.46. The number of pyridine rings is 1. The highest BCUT2D eigenvalue weighted by Crippen LogP contribution is 2.45. The first-order chi connectivity index (χ1) is 11.6. The van der Waals surface area contributed by atoms with E-state index in [1.54, 1.807) is 33.2 Å². The van der Waals surface area contributed by atoms with Crippen molar-refractivity contribution in [1.82, 2.24) is 15.6 Å². The smallest absolute Gasteiger partial charge is 0.408 e. The van der Waals surface area contributed by atoms with Crippen LogP contribution in [-0.2, 0) is 15.1 Å². The summed E-state index contributed by atoms with van der Waals surface area (Å²) in [4.78, 5) is 29.0. The van der Waals surface area contributed by atoms with Gasteiger partial charge in [-0.05, 0) is 57.6 Å². The highest BCUT2D eigenvalue weighted by atomic mass is 16.6. The van der Waals surface area contributed by atoms with E-state index in [1.807, 2.05) is 26.0 Å². The molecule has 1 saturated carbocycles. The number of ether oxygens (including phenoxy) is 1. The van der Waals surface area contributed by atoms with Gasteiger partial charge in [-0.2, -0.15) is 0 Å². The molecule has 0 aromatic carbocycles. The number of nitrogens with one attached hydrogen (secondary N) is 2. The van der Waals surface area contributed by atoms with Crippen molar-refractivity contribution in [2.75, 3.05) is 0 Å². The maximum absolute atomic E-state index is 12.8. The minimum Gasteiger partial charge on any atom is -0.444 e. The van der Waals surface area contributed by atoms with E-state index in [-0.39, 0.29) is 17.4 Å². The van der Waals surface area contributed by atoms with Crippen LogP contribution < -0.4 is 10.6 Å². The summed E-state index contributed by atoms with van der Waals surface area (Å²) in [6, 6.07) is 3.22. The summed E-state index contributed by atoms with van der Waals surface area (Å²) in [6.07, 6.45) is 5.24. The van der Waals surface area contributed by atoms with Crippen LogP contribution in [0.1, 0.15) is 59.4 Å². The first-order valence-corrected chi connectivity index (χ1v) is 8.83. The zero-order chi connectivity index (χ0) is 18.7. The fraction of sp³-hybridized carbons (Fsp3) is 0.632. The minimum absolute atomic E-state index is 0.180. The fourth-order valence-electron chi connectivity index (χ4n) is 2.73. The van der Waals surface area contributed by atoms with E-state index >= 15 is 0 Å². The van der Waals surface area contributed by atoms with E-state index < -0.39 is 17.7 Å². The van der Waals surface area contributed by atoms with Gasteiger partial charge in [0.15, 0.2) is 0 Å². The molecular weight excluding hydrogens is 318 g/mol. The van der Waals surface area contributed by atoms with E-state index in [9.17, 15) is 9.59 Å². The summed E-state index contributed by atoms with van der Waals surface area (Å²) in [5, 5.41) is 5.83. The predicted octanol–water partition coefficient (Wildman–Crippen LogP) is 3.13. The lowest BCUT2D eigenvalue weighted by atomic mass is 10.0. The lowest BCUT2D eigenvalue weighted by Crippen LogP contribution is -2.51. The Labute approximate surface area is 149 Å². The zero-order valence-electron chi connectivity index (χ0n) is 15.8. The quantitative estimate of drug-likeness (QED) is 0.828. The largest absolute Gasteiger partial charge is 0.444 e. The second-order valence-electron chi connectivity index (χ2n) is 8.14. The van der Waals surface area contributed by atoms with Crippen LogP contribution in [0.2, 0.25) is 0 Å². The van der Waals surface area contributed by atoms with E-state index in [1.165, 1.54) is 0 Å². The number of alkyl carbamates (subject to hydrolysis) is 1. The fourth-order valence-corrected chi connectivity index (χ4v) is 2.73. The Kier molecular flexibility index (Phi) is 5.70. The van der Waals surface area contributed by atoms with Gasteiger partial charge in [0.2, 0.25) is 5.91 Å². The van der Waals surface area contributed by atoms with Crippen molar-refractivity contribution in [3.05, 3.63) is 30.1 Å². The average molecular weight is 347 g/mol. The second kappa shape index (κ2) is 7.42. The monoisotopic (exact) mass is 347 g/mol. The van der Waals surface area contributed by atoms with Gasteiger partial charge in [0.1, 0.15) is 11.6 Å². The molecule has 6 heteroatoms. The molecule has 25 heavy (non-hydrogen) atoms. The Hall–Kier alpha value is -2.11. The predicted molar refractivity (Wildman–Crippen MR) is 95.9 cm³/mol. The second-order valence-corrected chi connectivity index (χ2v) is 8.14. The molecule has 1 aromatic rings. The topological polar surface area (TPSA) is 80.3 Å². The van der Waals surface area contributed by atoms with Crippen LogP contribution in [0.3, 0.4) is 0 Å². The van der Waals surface area contributed by atoms with Crippen LogP contribution in [-0.4, -0.2) is 28.6 Å². The Morgan fingerprint density at radius 1 is 1.32 bits per heavy atom. The van der Waals surface area contributed by atoms with Crippen molar-refractivity contribution in [2.24, 2.45) is 5.92 Å². The molecule has 0 radical (unpaired) electrons. The highest BCUT2D eigenvalue weighted by molar-refractivity contribution is 5.86. The maximum Gasteiger partial charge on any atom is 0.408 e. The van der Waals surface area contributed by atoms with Gasteiger partial charge in [-0.1, -0.05) is 19.9 Å². The van der Waals surface area contributed by atoms with Gasteiger partial charge in [-0.3, -0.25) is 9.78 Å². The number of aromatic nitrogens is 1. The molecule has 6 nitrogen and oxygen atoms in total. The summed E-state index contributed by atoms with van der Waals surface area (Å²) < 4.78 is 5.29. The molecule has 1 aliphatic rings. The molecular formula is C19H29N3O3. The molecule has 1 atom stereocenters. The Balaban J connectivity index is 2.05. The number of nitrogens with zero attached hydrogens (tertiary/aromatic N) is 1. The van der Waals surface area contributed by atoms with E-state index in [2.05, 4.69) is 15.6 Å². The lowest BCUT2D eigenvalue weighted by molar-refractivity contribution is -0.124. The molecule has 1 aliphatic carbocycles. The molecule has 2 rings (SSSR count). The van der Waals surface area contributed by atoms with Gasteiger partial charge in [0.25, 0.3) is 0 Å². The number of hydrogen-bond donors (Lipinski definition) is 2. The number of carbonyl (C=O) groups is 2. The molecule has 138 valence electrons. The summed E-state index contributed by atoms with van der Waals surface area (Å²) in [6.45, 7) is 9.43. The van der Waals surface area contributed by atoms with Gasteiger partial charge in [-0.15, -0.1) is 0 Å². The van der Waals surface area contributed by atoms with Crippen molar-refractivity contribution in [2.45, 2.75) is 71.1 Å². The van der Waals surface area contributed by atoms with Crippen LogP contribution in [0.5, 0.6) is 0 Å². The van der Waals surface area contributed by atoms with Crippen molar-refractivity contribution >= 4 is 12.0 Å². The Morgan fingerprint density at radius 3 is 2.48 bits per heavy atom. The summed E-state index contributed by atoms with van der Waals surface area (Å²) in [5.74, 6) is 0.0835. The average Bonchev–Trinajstić information content (AvgIpc) is 3.26. The number of hydrogen-bond acceptors (Lipinski definition) is 4. The van der Waals surface area contributed by atoms with E-state index in [4.69, 9.17) is 4.74 Å². The Bertz CT molecular complexity index is 604. The van der Waals surface area contributed by atoms with E-state index in [0.29, 0.717) is 6.42 Å². The van der Waals surface area contributed by atoms with Gasteiger partial charge in [-0.25, -0.2) is 4.79 Å². The van der Waals surface area contributed by atoms with Crippen LogP contribution in [0, 0.1) is 5.92 Å². The number of carbonyl (C=O) groups excluding carboxylic acids is 2. The normalized spacial score (nSPS) is 16.9. The summed E-state index contributed by atoms with van der Waals surface area (Å²) in [7, 11) is 0. The van der Waals surface area contributed by atoms with Crippen LogP contribution in [0.25, 0.3) is 0 Å². The van der Waals surface area contributed by atoms with Gasteiger partial charge in [0.05, 0.1) is 5.54 Å². The van der Waals surface area contributed by atoms with Crippen LogP contribution in [0.15, 0.2) is 24.5 Å². The van der Waals surface area contributed by atoms with Crippen LogP contribution in [0.4, 0.5) is 4.79 Å². The molecule has 0 bridgehead atoms. The molecule has 1 aromatic heterocycles. The SMILES string of the molecule is CC(C)C[C@@H](NC(=O)OC(C)(C)C)C(=O)NC1(c2cccnc2)CC1. The van der Waals surface area contributed by atoms with Crippen LogP contribution >= 0.6 is 0 Å². The molecule has 2 amide bonds. The van der Waals surface area contributed by atoms with Gasteiger partial charge < -0.3 is 15.4 Å². The summed E-state index contributed by atoms with van der Waals surface area (Å²) in [5.41, 5.74) is 0.0518. The third-order valence-electron chi connectivity index (χ3n) is 4.04. The molecule has 2 N–H and O–H groups in total. The summed E-state index contributed by atoms with van der Waals surface area (Å²) >= 11 is 0. The molecule has 0 aliphatic heterocycles. The molecule has 0 spiro atoms. The molecule has 1 heterocycles. The lowest BCUT2D eigenvalue weighted by Gasteiger charge is -2.26. The molecule has 1 fully saturated rings. The van der Waals surface area contributed by atoms with Crippen molar-refractivity contribution < 1.29 is 14.3 Å². The third kappa shape index (κ3) is 5.73. The van der Waals surface area contributed by atoms with E-state index in [0.717, 1.165) is 18.4 Å². The standard InChI is InChI=1S/C19H29N3O3/c1-13(2)11-15(21-17(24)25-18(3,4)5)16(23)22-19(8-9-19)14-7-6-10-20-12-14/h6-7,10,12-13,15H,8-9,11H2,1-5H3,(H,21,24)(H,22,23)/t15-/m1/s1. The third-order valence-corrected chi connectivity index (χ3v) is 4.04. The van der Waals surface area contributed by atoms with Crippen molar-refractivity contribution in [3.63, 3.8) is 0 Å². The zero-order valence-corrected chi connectivity index (χ0v) is 15.8. The van der Waals surface area contributed by atoms with Gasteiger partial charge in [0, 0.05) is 12.4 Å². The Morgan fingerprint density at radius 2 is 2.00 bits per heavy atom. The molecule has 0 saturated heterocycles. The maximum atomic E-state index is 12.8. The van der Waals surface area contributed by atoms with Gasteiger partial charge >= 0.3 is 6.09 Å². The minimum atomic E-state index is -0.621. The first-order valence-electron chi connectivity index (χ1n) is 8.83. The van der Waals surface area contributed by atoms with Crippen molar-refractivity contribution in [1.29, 1.82) is 0 Å².